The Hall–Kier alpha value is -2.42. The normalized spacial score (nSPS) is 15.9. The first-order chi connectivity index (χ1) is 11.6. The first-order valence-corrected chi connectivity index (χ1v) is 7.49. The fourth-order valence-electron chi connectivity index (χ4n) is 2.26. The molecule has 0 bridgehead atoms. The maximum Gasteiger partial charge on any atom is 0.442 e. The average Bonchev–Trinajstić information content (AvgIpc) is 3.23. The van der Waals surface area contributed by atoms with Crippen molar-refractivity contribution in [1.82, 2.24) is 10.5 Å². The van der Waals surface area contributed by atoms with Gasteiger partial charge < -0.3 is 9.84 Å². The van der Waals surface area contributed by atoms with Crippen LogP contribution < -0.4 is 5.32 Å². The molecular weight excluding hydrogens is 361 g/mol. The van der Waals surface area contributed by atoms with E-state index in [9.17, 15) is 18.0 Å². The summed E-state index contributed by atoms with van der Waals surface area (Å²) < 4.78 is 43.9. The standard InChI is InChI=1S/C15H12ClF3N4O2/c1-13(2,10-7-11(16)21-25-10)20-12(24)8-3-5-9(6-4-8)14(22-23-14)15(17,18)19/h3-7H,1-2H3,(H,20,24). The molecule has 0 fully saturated rings. The number of alkyl halides is 3. The molecule has 1 N–H and O–H groups in total. The van der Waals surface area contributed by atoms with E-state index in [2.05, 4.69) is 20.7 Å². The highest BCUT2D eigenvalue weighted by Gasteiger charge is 2.65. The van der Waals surface area contributed by atoms with Crippen LogP contribution in [-0.4, -0.2) is 17.2 Å². The fraction of sp³-hybridized carbons (Fsp3) is 0.333. The Bertz CT molecular complexity index is 837. The molecule has 25 heavy (non-hydrogen) atoms. The lowest BCUT2D eigenvalue weighted by molar-refractivity contribution is -0.166. The maximum absolute atomic E-state index is 13.0. The number of benzene rings is 1. The van der Waals surface area contributed by atoms with Crippen LogP contribution in [0, 0.1) is 0 Å². The van der Waals surface area contributed by atoms with Gasteiger partial charge in [0.05, 0.1) is 5.54 Å². The van der Waals surface area contributed by atoms with Crippen molar-refractivity contribution in [3.8, 4) is 0 Å². The second-order valence-corrected chi connectivity index (χ2v) is 6.43. The van der Waals surface area contributed by atoms with Crippen molar-refractivity contribution in [1.29, 1.82) is 0 Å². The number of amides is 1. The van der Waals surface area contributed by atoms with Gasteiger partial charge in [0.15, 0.2) is 10.9 Å². The van der Waals surface area contributed by atoms with Gasteiger partial charge in [0.1, 0.15) is 0 Å². The van der Waals surface area contributed by atoms with Gasteiger partial charge in [-0.3, -0.25) is 4.79 Å². The quantitative estimate of drug-likeness (QED) is 0.874. The number of aromatic nitrogens is 1. The Labute approximate surface area is 145 Å². The van der Waals surface area contributed by atoms with Crippen LogP contribution in [0.2, 0.25) is 5.15 Å². The van der Waals surface area contributed by atoms with Crippen LogP contribution in [0.4, 0.5) is 13.2 Å². The number of nitrogens with one attached hydrogen (secondary N) is 1. The molecule has 0 atom stereocenters. The summed E-state index contributed by atoms with van der Waals surface area (Å²) in [4.78, 5) is 12.3. The Morgan fingerprint density at radius 3 is 2.24 bits per heavy atom. The second kappa shape index (κ2) is 5.55. The molecule has 0 unspecified atom stereocenters. The van der Waals surface area contributed by atoms with Crippen LogP contribution in [0.25, 0.3) is 0 Å². The first kappa shape index (κ1) is 17.4. The van der Waals surface area contributed by atoms with Crippen molar-refractivity contribution in [2.45, 2.75) is 31.2 Å². The van der Waals surface area contributed by atoms with Crippen LogP contribution in [0.3, 0.4) is 0 Å². The van der Waals surface area contributed by atoms with Gasteiger partial charge in [-0.1, -0.05) is 28.9 Å². The Balaban J connectivity index is 1.76. The maximum atomic E-state index is 13.0. The minimum Gasteiger partial charge on any atom is -0.357 e. The van der Waals surface area contributed by atoms with Crippen molar-refractivity contribution >= 4 is 17.5 Å². The number of carbonyl (C=O) groups is 1. The first-order valence-electron chi connectivity index (χ1n) is 7.12. The van der Waals surface area contributed by atoms with Gasteiger partial charge in [0.25, 0.3) is 5.91 Å². The van der Waals surface area contributed by atoms with Crippen molar-refractivity contribution in [2.75, 3.05) is 0 Å². The van der Waals surface area contributed by atoms with E-state index < -0.39 is 23.3 Å². The summed E-state index contributed by atoms with van der Waals surface area (Å²) in [5.74, 6) is -0.149. The van der Waals surface area contributed by atoms with Gasteiger partial charge in [0, 0.05) is 17.2 Å². The van der Waals surface area contributed by atoms with Crippen LogP contribution >= 0.6 is 11.6 Å². The zero-order valence-electron chi connectivity index (χ0n) is 13.1. The molecule has 1 aromatic carbocycles. The molecule has 132 valence electrons. The minimum absolute atomic E-state index is 0.141. The fourth-order valence-corrected chi connectivity index (χ4v) is 2.40. The van der Waals surface area contributed by atoms with Crippen molar-refractivity contribution in [2.24, 2.45) is 10.2 Å². The lowest BCUT2D eigenvalue weighted by atomic mass is 9.99. The summed E-state index contributed by atoms with van der Waals surface area (Å²) in [5.41, 5.74) is -3.37. The lowest BCUT2D eigenvalue weighted by Crippen LogP contribution is -2.40. The average molecular weight is 373 g/mol. The topological polar surface area (TPSA) is 79.9 Å². The molecule has 6 nitrogen and oxygen atoms in total. The van der Waals surface area contributed by atoms with Crippen LogP contribution in [-0.2, 0) is 11.2 Å². The molecule has 0 radical (unpaired) electrons. The highest BCUT2D eigenvalue weighted by molar-refractivity contribution is 6.29. The van der Waals surface area contributed by atoms with Crippen LogP contribution in [0.5, 0.6) is 0 Å². The van der Waals surface area contributed by atoms with Crippen LogP contribution in [0.1, 0.15) is 35.5 Å². The number of rotatable bonds is 4. The highest BCUT2D eigenvalue weighted by atomic mass is 35.5. The van der Waals surface area contributed by atoms with E-state index in [0.29, 0.717) is 5.76 Å². The number of hydrogen-bond donors (Lipinski definition) is 1. The predicted molar refractivity (Wildman–Crippen MR) is 81.0 cm³/mol. The number of nitrogens with zero attached hydrogens (tertiary/aromatic N) is 3. The minimum atomic E-state index is -4.61. The molecule has 3 rings (SSSR count). The van der Waals surface area contributed by atoms with E-state index in [4.69, 9.17) is 16.1 Å². The van der Waals surface area contributed by atoms with Crippen LogP contribution in [0.15, 0.2) is 45.1 Å². The van der Waals surface area contributed by atoms with E-state index in [1.54, 1.807) is 13.8 Å². The molecule has 2 heterocycles. The van der Waals surface area contributed by atoms with Gasteiger partial charge in [-0.15, -0.1) is 10.2 Å². The molecule has 1 aliphatic heterocycles. The molecular formula is C15H12ClF3N4O2. The highest BCUT2D eigenvalue weighted by Crippen LogP contribution is 2.52. The number of hydrogen-bond acceptors (Lipinski definition) is 5. The van der Waals surface area contributed by atoms with E-state index in [0.717, 1.165) is 0 Å². The van der Waals surface area contributed by atoms with Gasteiger partial charge in [0.2, 0.25) is 0 Å². The SMILES string of the molecule is CC(C)(NC(=O)c1ccc(C2(C(F)(F)F)N=N2)cc1)c1cc(Cl)no1. The molecule has 10 heteroatoms. The molecule has 0 aliphatic carbocycles. The smallest absolute Gasteiger partial charge is 0.357 e. The summed E-state index contributed by atoms with van der Waals surface area (Å²) in [6, 6.07) is 6.39. The van der Waals surface area contributed by atoms with Crippen molar-refractivity contribution in [3.05, 3.63) is 52.4 Å². The van der Waals surface area contributed by atoms with E-state index in [1.165, 1.54) is 30.3 Å². The summed E-state index contributed by atoms with van der Waals surface area (Å²) in [6.45, 7) is 3.35. The zero-order chi connectivity index (χ0) is 18.5. The summed E-state index contributed by atoms with van der Waals surface area (Å²) >= 11 is 5.70. The Kier molecular flexibility index (Phi) is 3.86. The number of carbonyl (C=O) groups excluding carboxylic acids is 1. The third-order valence-corrected chi connectivity index (χ3v) is 3.95. The summed E-state index contributed by atoms with van der Waals surface area (Å²) in [7, 11) is 0. The second-order valence-electron chi connectivity index (χ2n) is 6.04. The van der Waals surface area contributed by atoms with Crippen molar-refractivity contribution < 1.29 is 22.5 Å². The molecule has 0 saturated heterocycles. The summed E-state index contributed by atoms with van der Waals surface area (Å²) in [6.07, 6.45) is -4.61. The zero-order valence-corrected chi connectivity index (χ0v) is 13.8. The number of halogens is 4. The van der Waals surface area contributed by atoms with E-state index in [1.807, 2.05) is 0 Å². The third-order valence-electron chi connectivity index (χ3n) is 3.77. The van der Waals surface area contributed by atoms with Gasteiger partial charge in [-0.05, 0) is 26.0 Å². The molecule has 0 spiro atoms. The predicted octanol–water partition coefficient (Wildman–Crippen LogP) is 4.17. The molecule has 1 aromatic heterocycles. The summed E-state index contributed by atoms with van der Waals surface area (Å²) in [5, 5.41) is 12.6. The van der Waals surface area contributed by atoms with E-state index in [-0.39, 0.29) is 16.3 Å². The lowest BCUT2D eigenvalue weighted by Gasteiger charge is -2.23. The Morgan fingerprint density at radius 2 is 1.80 bits per heavy atom. The largest absolute Gasteiger partial charge is 0.442 e. The Morgan fingerprint density at radius 1 is 1.20 bits per heavy atom. The third kappa shape index (κ3) is 3.11. The molecule has 0 saturated carbocycles. The molecule has 1 amide bonds. The molecule has 2 aromatic rings. The van der Waals surface area contributed by atoms with Gasteiger partial charge >= 0.3 is 11.8 Å². The van der Waals surface area contributed by atoms with Gasteiger partial charge in [-0.25, -0.2) is 0 Å². The monoisotopic (exact) mass is 372 g/mol. The molecule has 1 aliphatic rings. The van der Waals surface area contributed by atoms with E-state index >= 15 is 0 Å². The van der Waals surface area contributed by atoms with Crippen molar-refractivity contribution in [3.63, 3.8) is 0 Å². The van der Waals surface area contributed by atoms with Gasteiger partial charge in [-0.2, -0.15) is 13.2 Å².